The largest absolute Gasteiger partial charge is 0.384 e. The summed E-state index contributed by atoms with van der Waals surface area (Å²) in [6, 6.07) is 9.24. The van der Waals surface area contributed by atoms with E-state index in [9.17, 15) is 14.9 Å². The zero-order valence-electron chi connectivity index (χ0n) is 14.5. The first-order valence-corrected chi connectivity index (χ1v) is 8.72. The van der Waals surface area contributed by atoms with Crippen LogP contribution in [-0.4, -0.2) is 23.9 Å². The summed E-state index contributed by atoms with van der Waals surface area (Å²) >= 11 is 0. The molecule has 7 heteroatoms. The monoisotopic (exact) mass is 352 g/mol. The molecule has 2 heterocycles. The predicted octanol–water partition coefficient (Wildman–Crippen LogP) is 3.08. The van der Waals surface area contributed by atoms with E-state index in [-0.39, 0.29) is 16.5 Å². The van der Waals surface area contributed by atoms with Crippen LogP contribution in [0.5, 0.6) is 0 Å². The molecule has 0 spiro atoms. The van der Waals surface area contributed by atoms with Gasteiger partial charge in [-0.15, -0.1) is 0 Å². The minimum Gasteiger partial charge on any atom is -0.384 e. The molecule has 0 saturated heterocycles. The fraction of sp³-hybridized carbons (Fsp3) is 0.316. The van der Waals surface area contributed by atoms with E-state index >= 15 is 0 Å². The Kier molecular flexibility index (Phi) is 3.99. The minimum atomic E-state index is -0.294. The molecule has 0 unspecified atom stereocenters. The number of hydrogen-bond donors (Lipinski definition) is 2. The summed E-state index contributed by atoms with van der Waals surface area (Å²) in [5.41, 5.74) is 5.96. The van der Waals surface area contributed by atoms with E-state index in [2.05, 4.69) is 15.5 Å². The van der Waals surface area contributed by atoms with Crippen molar-refractivity contribution in [2.24, 2.45) is 0 Å². The molecule has 0 radical (unpaired) electrons. The van der Waals surface area contributed by atoms with Gasteiger partial charge in [0, 0.05) is 49.6 Å². The molecule has 0 aliphatic carbocycles. The van der Waals surface area contributed by atoms with Crippen molar-refractivity contribution in [1.29, 1.82) is 0 Å². The van der Waals surface area contributed by atoms with Gasteiger partial charge in [-0.3, -0.25) is 14.9 Å². The molecule has 0 bridgehead atoms. The van der Waals surface area contributed by atoms with E-state index < -0.39 is 0 Å². The van der Waals surface area contributed by atoms with E-state index in [0.29, 0.717) is 13.1 Å². The van der Waals surface area contributed by atoms with Crippen LogP contribution >= 0.6 is 0 Å². The first-order chi connectivity index (χ1) is 12.5. The van der Waals surface area contributed by atoms with Crippen molar-refractivity contribution in [3.63, 3.8) is 0 Å². The van der Waals surface area contributed by atoms with E-state index in [1.807, 2.05) is 18.2 Å². The Bertz CT molecular complexity index is 910. The molecule has 2 aliphatic rings. The first-order valence-electron chi connectivity index (χ1n) is 8.72. The average Bonchev–Trinajstić information content (AvgIpc) is 3.08. The molecule has 0 aromatic heterocycles. The van der Waals surface area contributed by atoms with Gasteiger partial charge in [0.1, 0.15) is 5.69 Å². The number of nitrogens with zero attached hydrogens (tertiary/aromatic N) is 2. The molecule has 1 amide bonds. The van der Waals surface area contributed by atoms with Gasteiger partial charge < -0.3 is 15.5 Å². The lowest BCUT2D eigenvalue weighted by Gasteiger charge is -2.32. The smallest absolute Gasteiger partial charge is 0.292 e. The number of carbonyl (C=O) groups excluding carboxylic acids is 1. The van der Waals surface area contributed by atoms with Crippen LogP contribution in [0.25, 0.3) is 0 Å². The number of nitrogens with one attached hydrogen (secondary N) is 2. The number of fused-ring (bicyclic) bond motifs is 2. The van der Waals surface area contributed by atoms with Gasteiger partial charge >= 0.3 is 0 Å². The van der Waals surface area contributed by atoms with Crippen molar-refractivity contribution in [3.8, 4) is 0 Å². The number of rotatable bonds is 3. The summed E-state index contributed by atoms with van der Waals surface area (Å²) in [4.78, 5) is 24.8. The Labute approximate surface area is 151 Å². The number of nitro groups is 1. The standard InChI is InChI=1S/C19H20N4O3/c1-12(24)21-17-4-2-3-13-11-22(10-8-14(13)17)19-15-7-9-20-16(15)5-6-18(19)23(25)26/h2-6,20H,7-11H2,1H3,(H,21,24). The second-order valence-electron chi connectivity index (χ2n) is 6.69. The zero-order valence-corrected chi connectivity index (χ0v) is 14.5. The van der Waals surface area contributed by atoms with Crippen molar-refractivity contribution in [1.82, 2.24) is 0 Å². The Morgan fingerprint density at radius 3 is 2.85 bits per heavy atom. The molecule has 134 valence electrons. The number of hydrogen-bond acceptors (Lipinski definition) is 5. The van der Waals surface area contributed by atoms with E-state index in [1.54, 1.807) is 12.1 Å². The molecule has 2 aliphatic heterocycles. The summed E-state index contributed by atoms with van der Waals surface area (Å²) < 4.78 is 0. The van der Waals surface area contributed by atoms with E-state index in [0.717, 1.165) is 53.1 Å². The number of nitro benzene ring substituents is 1. The molecular weight excluding hydrogens is 332 g/mol. The Balaban J connectivity index is 1.74. The van der Waals surface area contributed by atoms with Crippen LogP contribution in [0.3, 0.4) is 0 Å². The zero-order chi connectivity index (χ0) is 18.3. The number of carbonyl (C=O) groups is 1. The van der Waals surface area contributed by atoms with Crippen LogP contribution in [0.4, 0.5) is 22.7 Å². The van der Waals surface area contributed by atoms with Crippen LogP contribution in [0.1, 0.15) is 23.6 Å². The lowest BCUT2D eigenvalue weighted by Crippen LogP contribution is -2.32. The van der Waals surface area contributed by atoms with Gasteiger partial charge in [-0.05, 0) is 36.1 Å². The lowest BCUT2D eigenvalue weighted by molar-refractivity contribution is -0.384. The van der Waals surface area contributed by atoms with E-state index in [4.69, 9.17) is 0 Å². The van der Waals surface area contributed by atoms with Crippen molar-refractivity contribution in [3.05, 3.63) is 57.1 Å². The van der Waals surface area contributed by atoms with Crippen LogP contribution in [0.2, 0.25) is 0 Å². The SMILES string of the molecule is CC(=O)Nc1cccc2c1CCN(c1c([N+](=O)[O-])ccc3c1CCN3)C2. The molecular formula is C19H20N4O3. The topological polar surface area (TPSA) is 87.5 Å². The highest BCUT2D eigenvalue weighted by atomic mass is 16.6. The summed E-state index contributed by atoms with van der Waals surface area (Å²) in [5.74, 6) is -0.0941. The van der Waals surface area contributed by atoms with Gasteiger partial charge in [0.15, 0.2) is 0 Å². The lowest BCUT2D eigenvalue weighted by atomic mass is 9.96. The van der Waals surface area contributed by atoms with Crippen molar-refractivity contribution in [2.45, 2.75) is 26.3 Å². The maximum atomic E-state index is 11.6. The van der Waals surface area contributed by atoms with Gasteiger partial charge in [0.2, 0.25) is 5.91 Å². The fourth-order valence-electron chi connectivity index (χ4n) is 3.97. The molecule has 0 atom stereocenters. The number of amides is 1. The van der Waals surface area contributed by atoms with E-state index in [1.165, 1.54) is 6.92 Å². The maximum absolute atomic E-state index is 11.6. The quantitative estimate of drug-likeness (QED) is 0.655. The first kappa shape index (κ1) is 16.4. The Morgan fingerprint density at radius 2 is 2.08 bits per heavy atom. The minimum absolute atomic E-state index is 0.0941. The third kappa shape index (κ3) is 2.75. The molecule has 2 aromatic rings. The highest BCUT2D eigenvalue weighted by molar-refractivity contribution is 5.90. The maximum Gasteiger partial charge on any atom is 0.292 e. The second kappa shape index (κ2) is 6.33. The summed E-state index contributed by atoms with van der Waals surface area (Å²) in [7, 11) is 0. The predicted molar refractivity (Wildman–Crippen MR) is 101 cm³/mol. The fourth-order valence-corrected chi connectivity index (χ4v) is 3.97. The van der Waals surface area contributed by atoms with Gasteiger partial charge in [-0.2, -0.15) is 0 Å². The summed E-state index contributed by atoms with van der Waals surface area (Å²) in [5, 5.41) is 17.8. The summed E-state index contributed by atoms with van der Waals surface area (Å²) in [6.45, 7) is 3.58. The molecule has 7 nitrogen and oxygen atoms in total. The van der Waals surface area contributed by atoms with Crippen LogP contribution < -0.4 is 15.5 Å². The molecule has 4 rings (SSSR count). The van der Waals surface area contributed by atoms with Crippen molar-refractivity contribution < 1.29 is 9.72 Å². The van der Waals surface area contributed by atoms with Crippen LogP contribution in [0.15, 0.2) is 30.3 Å². The Morgan fingerprint density at radius 1 is 1.23 bits per heavy atom. The average molecular weight is 352 g/mol. The third-order valence-electron chi connectivity index (χ3n) is 5.04. The molecule has 2 N–H and O–H groups in total. The number of benzene rings is 2. The van der Waals surface area contributed by atoms with Crippen LogP contribution in [-0.2, 0) is 24.2 Å². The molecule has 0 saturated carbocycles. The summed E-state index contributed by atoms with van der Waals surface area (Å²) in [6.07, 6.45) is 1.53. The molecule has 0 fully saturated rings. The highest BCUT2D eigenvalue weighted by Gasteiger charge is 2.30. The third-order valence-corrected chi connectivity index (χ3v) is 5.04. The van der Waals surface area contributed by atoms with Crippen LogP contribution in [0, 0.1) is 10.1 Å². The van der Waals surface area contributed by atoms with Gasteiger partial charge in [0.05, 0.1) is 4.92 Å². The molecule has 26 heavy (non-hydrogen) atoms. The van der Waals surface area contributed by atoms with Gasteiger partial charge in [0.25, 0.3) is 5.69 Å². The second-order valence-corrected chi connectivity index (χ2v) is 6.69. The molecule has 2 aromatic carbocycles. The van der Waals surface area contributed by atoms with Gasteiger partial charge in [-0.1, -0.05) is 12.1 Å². The van der Waals surface area contributed by atoms with Gasteiger partial charge in [-0.25, -0.2) is 0 Å². The van der Waals surface area contributed by atoms with Crippen molar-refractivity contribution >= 4 is 28.7 Å². The highest BCUT2D eigenvalue weighted by Crippen LogP contribution is 2.41. The normalized spacial score (nSPS) is 15.0. The Hall–Kier alpha value is -3.09. The number of anilines is 3. The van der Waals surface area contributed by atoms with Crippen molar-refractivity contribution in [2.75, 3.05) is 28.6 Å².